The van der Waals surface area contributed by atoms with Gasteiger partial charge in [-0.3, -0.25) is 9.69 Å². The van der Waals surface area contributed by atoms with E-state index in [1.807, 2.05) is 0 Å². The predicted octanol–water partition coefficient (Wildman–Crippen LogP) is 0.484. The second-order valence-corrected chi connectivity index (χ2v) is 7.52. The third kappa shape index (κ3) is 4.66. The Morgan fingerprint density at radius 3 is 2.70 bits per heavy atom. The number of amides is 1. The van der Waals surface area contributed by atoms with Crippen molar-refractivity contribution in [2.75, 3.05) is 40.4 Å². The van der Waals surface area contributed by atoms with Gasteiger partial charge in [-0.1, -0.05) is 0 Å². The molecule has 1 N–H and O–H groups in total. The van der Waals surface area contributed by atoms with Crippen LogP contribution in [-0.4, -0.2) is 85.6 Å². The van der Waals surface area contributed by atoms with Gasteiger partial charge < -0.3 is 19.5 Å². The van der Waals surface area contributed by atoms with Crippen molar-refractivity contribution in [1.82, 2.24) is 9.80 Å². The summed E-state index contributed by atoms with van der Waals surface area (Å²) in [6, 6.07) is 0.302. The second-order valence-electron chi connectivity index (χ2n) is 7.52. The number of hydrogen-bond donors (Lipinski definition) is 1. The van der Waals surface area contributed by atoms with E-state index in [1.54, 1.807) is 19.0 Å². The van der Waals surface area contributed by atoms with E-state index in [0.717, 1.165) is 25.3 Å². The van der Waals surface area contributed by atoms with Crippen LogP contribution in [0.1, 0.15) is 32.1 Å². The van der Waals surface area contributed by atoms with Gasteiger partial charge in [-0.15, -0.1) is 0 Å². The van der Waals surface area contributed by atoms with Gasteiger partial charge in [-0.2, -0.15) is 0 Å². The van der Waals surface area contributed by atoms with Crippen molar-refractivity contribution in [3.63, 3.8) is 0 Å². The lowest BCUT2D eigenvalue weighted by Gasteiger charge is -2.44. The van der Waals surface area contributed by atoms with E-state index in [0.29, 0.717) is 32.2 Å². The van der Waals surface area contributed by atoms with Gasteiger partial charge in [0.1, 0.15) is 0 Å². The Kier molecular flexibility index (Phi) is 5.57. The number of hydrogen-bond acceptors (Lipinski definition) is 5. The predicted molar refractivity (Wildman–Crippen MR) is 86.1 cm³/mol. The zero-order valence-corrected chi connectivity index (χ0v) is 14.3. The first-order valence-electron chi connectivity index (χ1n) is 8.88. The largest absolute Gasteiger partial charge is 0.389 e. The van der Waals surface area contributed by atoms with Crippen molar-refractivity contribution in [1.29, 1.82) is 0 Å². The van der Waals surface area contributed by atoms with E-state index in [-0.39, 0.29) is 18.1 Å². The monoisotopic (exact) mass is 326 g/mol. The molecule has 23 heavy (non-hydrogen) atoms. The fraction of sp³-hybridized carbons (Fsp3) is 0.941. The lowest BCUT2D eigenvalue weighted by atomic mass is 9.94. The summed E-state index contributed by atoms with van der Waals surface area (Å²) in [4.78, 5) is 16.0. The molecule has 132 valence electrons. The van der Waals surface area contributed by atoms with Crippen LogP contribution in [0.25, 0.3) is 0 Å². The minimum Gasteiger partial charge on any atom is -0.389 e. The smallest absolute Gasteiger partial charge is 0.224 e. The Morgan fingerprint density at radius 2 is 2.00 bits per heavy atom. The van der Waals surface area contributed by atoms with Gasteiger partial charge >= 0.3 is 0 Å². The molecule has 0 unspecified atom stereocenters. The Balaban J connectivity index is 1.61. The van der Waals surface area contributed by atoms with E-state index in [9.17, 15) is 9.90 Å². The average molecular weight is 326 g/mol. The molecule has 3 aliphatic rings. The molecular weight excluding hydrogens is 296 g/mol. The minimum absolute atomic E-state index is 0.00922. The van der Waals surface area contributed by atoms with Crippen LogP contribution in [0.3, 0.4) is 0 Å². The molecule has 0 spiro atoms. The van der Waals surface area contributed by atoms with Crippen LogP contribution in [0.15, 0.2) is 0 Å². The van der Waals surface area contributed by atoms with Crippen molar-refractivity contribution in [3.8, 4) is 0 Å². The van der Waals surface area contributed by atoms with Crippen LogP contribution in [0.2, 0.25) is 0 Å². The average Bonchev–Trinajstić information content (AvgIpc) is 3.29. The standard InChI is InChI=1S/C17H30N2O4/c1-18(2)17(21)7-14-5-6-15-16(23-14)11-22-10-13(20)9-19(15)8-12-3-4-12/h12-16,20H,3-11H2,1-2H3/t13-,14-,15-,16+/m1/s1. The normalized spacial score (nSPS) is 36.0. The zero-order valence-electron chi connectivity index (χ0n) is 14.3. The van der Waals surface area contributed by atoms with Gasteiger partial charge in [0, 0.05) is 33.2 Å². The molecule has 0 radical (unpaired) electrons. The fourth-order valence-corrected chi connectivity index (χ4v) is 3.67. The van der Waals surface area contributed by atoms with Gasteiger partial charge in [-0.25, -0.2) is 0 Å². The lowest BCUT2D eigenvalue weighted by Crippen LogP contribution is -2.56. The maximum Gasteiger partial charge on any atom is 0.224 e. The van der Waals surface area contributed by atoms with Crippen molar-refractivity contribution in [2.45, 2.75) is 56.5 Å². The molecular formula is C17H30N2O4. The highest BCUT2D eigenvalue weighted by molar-refractivity contribution is 5.76. The molecule has 1 aliphatic carbocycles. The number of aliphatic hydroxyl groups is 1. The Morgan fingerprint density at radius 1 is 1.22 bits per heavy atom. The topological polar surface area (TPSA) is 62.2 Å². The summed E-state index contributed by atoms with van der Waals surface area (Å²) in [7, 11) is 3.57. The molecule has 0 aromatic heterocycles. The van der Waals surface area contributed by atoms with E-state index in [1.165, 1.54) is 12.8 Å². The first kappa shape index (κ1) is 17.1. The van der Waals surface area contributed by atoms with Crippen LogP contribution < -0.4 is 0 Å². The number of carbonyl (C=O) groups is 1. The number of carbonyl (C=O) groups excluding carboxylic acids is 1. The first-order valence-corrected chi connectivity index (χ1v) is 8.88. The molecule has 0 bridgehead atoms. The molecule has 1 amide bonds. The van der Waals surface area contributed by atoms with Crippen molar-refractivity contribution in [2.24, 2.45) is 5.92 Å². The van der Waals surface area contributed by atoms with Crippen LogP contribution in [0.5, 0.6) is 0 Å². The van der Waals surface area contributed by atoms with E-state index < -0.39 is 6.10 Å². The quantitative estimate of drug-likeness (QED) is 0.814. The summed E-state index contributed by atoms with van der Waals surface area (Å²) in [5.74, 6) is 0.904. The summed E-state index contributed by atoms with van der Waals surface area (Å²) in [5, 5.41) is 10.1. The highest BCUT2D eigenvalue weighted by Gasteiger charge is 2.39. The summed E-state index contributed by atoms with van der Waals surface area (Å²) < 4.78 is 11.8. The number of nitrogens with zero attached hydrogens (tertiary/aromatic N) is 2. The highest BCUT2D eigenvalue weighted by Crippen LogP contribution is 2.34. The summed E-state index contributed by atoms with van der Waals surface area (Å²) >= 11 is 0. The molecule has 0 aromatic rings. The minimum atomic E-state index is -0.414. The van der Waals surface area contributed by atoms with Crippen LogP contribution in [0, 0.1) is 5.92 Å². The third-order valence-electron chi connectivity index (χ3n) is 5.18. The van der Waals surface area contributed by atoms with Gasteiger partial charge in [0.2, 0.25) is 5.91 Å². The molecule has 3 rings (SSSR count). The van der Waals surface area contributed by atoms with Gasteiger partial charge in [0.05, 0.1) is 37.9 Å². The number of ether oxygens (including phenoxy) is 2. The van der Waals surface area contributed by atoms with Crippen LogP contribution >= 0.6 is 0 Å². The zero-order chi connectivity index (χ0) is 16.4. The van der Waals surface area contributed by atoms with Gasteiger partial charge in [-0.05, 0) is 31.6 Å². The number of β-amino-alcohol motifs (C(OH)–C–C–N with tert-alkyl or cyclic N) is 1. The molecule has 1 saturated carbocycles. The maximum atomic E-state index is 11.9. The highest BCUT2D eigenvalue weighted by atomic mass is 16.5. The molecule has 2 saturated heterocycles. The van der Waals surface area contributed by atoms with Crippen LogP contribution in [0.4, 0.5) is 0 Å². The van der Waals surface area contributed by atoms with Gasteiger partial charge in [0.15, 0.2) is 0 Å². The van der Waals surface area contributed by atoms with E-state index >= 15 is 0 Å². The lowest BCUT2D eigenvalue weighted by molar-refractivity contribution is -0.159. The Hall–Kier alpha value is -0.690. The van der Waals surface area contributed by atoms with Crippen molar-refractivity contribution in [3.05, 3.63) is 0 Å². The van der Waals surface area contributed by atoms with E-state index in [4.69, 9.17) is 9.47 Å². The van der Waals surface area contributed by atoms with Crippen LogP contribution in [-0.2, 0) is 14.3 Å². The number of rotatable bonds is 4. The molecule has 6 heteroatoms. The second kappa shape index (κ2) is 7.47. The summed E-state index contributed by atoms with van der Waals surface area (Å²) in [6.45, 7) is 2.61. The molecule has 3 fully saturated rings. The van der Waals surface area contributed by atoms with Crippen molar-refractivity contribution < 1.29 is 19.4 Å². The summed E-state index contributed by atoms with van der Waals surface area (Å²) in [6.07, 6.45) is 4.56. The molecule has 6 nitrogen and oxygen atoms in total. The molecule has 0 aromatic carbocycles. The Labute approximate surface area is 138 Å². The maximum absolute atomic E-state index is 11.9. The summed E-state index contributed by atoms with van der Waals surface area (Å²) in [5.41, 5.74) is 0. The number of fused-ring (bicyclic) bond motifs is 1. The third-order valence-corrected chi connectivity index (χ3v) is 5.18. The first-order chi connectivity index (χ1) is 11.0. The molecule has 2 heterocycles. The fourth-order valence-electron chi connectivity index (χ4n) is 3.67. The molecule has 2 aliphatic heterocycles. The SMILES string of the molecule is CN(C)C(=O)C[C@H]1CC[C@@H]2[C@H](COC[C@H](O)CN2CC2CC2)O1. The van der Waals surface area contributed by atoms with Gasteiger partial charge in [0.25, 0.3) is 0 Å². The Bertz CT molecular complexity index is 413. The van der Waals surface area contributed by atoms with Crippen molar-refractivity contribution >= 4 is 5.91 Å². The molecule has 4 atom stereocenters. The number of aliphatic hydroxyl groups excluding tert-OH is 1. The van der Waals surface area contributed by atoms with E-state index in [2.05, 4.69) is 4.90 Å².